The van der Waals surface area contributed by atoms with Crippen LogP contribution in [0.2, 0.25) is 0 Å². The first-order valence-corrected chi connectivity index (χ1v) is 17.7. The second-order valence-electron chi connectivity index (χ2n) is 13.0. The Morgan fingerprint density at radius 1 is 0.380 bits per heavy atom. The molecule has 0 aliphatic rings. The van der Waals surface area contributed by atoms with E-state index >= 15 is 0 Å². The van der Waals surface area contributed by atoms with E-state index in [1.165, 1.54) is 76.5 Å². The van der Waals surface area contributed by atoms with Crippen LogP contribution in [-0.2, 0) is 0 Å². The minimum absolute atomic E-state index is 0.936. The van der Waals surface area contributed by atoms with Crippen LogP contribution in [0.5, 0.6) is 0 Å². The molecule has 50 heavy (non-hydrogen) atoms. The van der Waals surface area contributed by atoms with Gasteiger partial charge in [-0.3, -0.25) is 0 Å². The van der Waals surface area contributed by atoms with Crippen LogP contribution in [0.15, 0.2) is 181 Å². The van der Waals surface area contributed by atoms with Crippen molar-refractivity contribution in [3.63, 3.8) is 0 Å². The number of rotatable bonds is 4. The predicted octanol–water partition coefficient (Wildman–Crippen LogP) is 13.4. The lowest BCUT2D eigenvalue weighted by Gasteiger charge is -2.19. The number of halogens is 1. The molecule has 0 atom stereocenters. The first-order chi connectivity index (χ1) is 24.7. The fourth-order valence-corrected chi connectivity index (χ4v) is 8.27. The second kappa shape index (κ2) is 11.5. The summed E-state index contributed by atoms with van der Waals surface area (Å²) in [5, 5.41) is 14.8. The summed E-state index contributed by atoms with van der Waals surface area (Å²) in [4.78, 5) is 0. The molecule has 2 aromatic heterocycles. The van der Waals surface area contributed by atoms with E-state index in [1.807, 2.05) is 22.8 Å². The third kappa shape index (κ3) is 4.66. The molecule has 10 aromatic rings. The van der Waals surface area contributed by atoms with Gasteiger partial charge in [0, 0.05) is 11.8 Å². The van der Waals surface area contributed by atoms with E-state index in [0.717, 1.165) is 21.2 Å². The zero-order valence-electron chi connectivity index (χ0n) is 27.0. The fourth-order valence-electron chi connectivity index (χ4n) is 7.64. The van der Waals surface area contributed by atoms with Gasteiger partial charge in [0.15, 0.2) is 0 Å². The number of hydrogen-bond donors (Lipinski definition) is 0. The van der Waals surface area contributed by atoms with E-state index < -0.39 is 0 Å². The Morgan fingerprint density at radius 3 is 1.52 bits per heavy atom. The Kier molecular flexibility index (Phi) is 6.68. The van der Waals surface area contributed by atoms with Crippen LogP contribution in [0, 0.1) is 0 Å². The zero-order chi connectivity index (χ0) is 33.2. The maximum absolute atomic E-state index is 4.85. The van der Waals surface area contributed by atoms with Crippen molar-refractivity contribution in [2.24, 2.45) is 0 Å². The minimum Gasteiger partial charge on any atom is -0.239 e. The van der Waals surface area contributed by atoms with Crippen LogP contribution in [0.1, 0.15) is 0 Å². The lowest BCUT2D eigenvalue weighted by molar-refractivity contribution is 0.966. The summed E-state index contributed by atoms with van der Waals surface area (Å²) in [6.45, 7) is 0. The topological polar surface area (TPSA) is 17.3 Å². The van der Waals surface area contributed by atoms with Crippen LogP contribution in [0.4, 0.5) is 0 Å². The summed E-state index contributed by atoms with van der Waals surface area (Å²) in [5.74, 6) is 0. The van der Waals surface area contributed by atoms with Crippen molar-refractivity contribution in [1.29, 1.82) is 0 Å². The van der Waals surface area contributed by atoms with Crippen LogP contribution in [0.25, 0.3) is 93.2 Å². The molecule has 0 amide bonds. The van der Waals surface area contributed by atoms with Gasteiger partial charge in [-0.2, -0.15) is 5.10 Å². The molecule has 0 fully saturated rings. The fraction of sp³-hybridized carbons (Fsp3) is 0. The Labute approximate surface area is 298 Å². The Bertz CT molecular complexity index is 2940. The van der Waals surface area contributed by atoms with E-state index in [9.17, 15) is 0 Å². The van der Waals surface area contributed by atoms with Crippen molar-refractivity contribution in [2.45, 2.75) is 0 Å². The van der Waals surface area contributed by atoms with E-state index in [-0.39, 0.29) is 0 Å². The molecular weight excluding hydrogens is 672 g/mol. The monoisotopic (exact) mass is 700 g/mol. The normalized spacial score (nSPS) is 11.7. The molecule has 10 rings (SSSR count). The molecule has 0 saturated heterocycles. The molecule has 2 heterocycles. The van der Waals surface area contributed by atoms with Crippen molar-refractivity contribution in [1.82, 2.24) is 9.61 Å². The first kappa shape index (κ1) is 28.9. The number of hydrogen-bond acceptors (Lipinski definition) is 1. The zero-order valence-corrected chi connectivity index (χ0v) is 28.6. The molecule has 2 nitrogen and oxygen atoms in total. The van der Waals surface area contributed by atoms with E-state index in [1.54, 1.807) is 0 Å². The number of aromatic nitrogens is 2. The van der Waals surface area contributed by atoms with Crippen molar-refractivity contribution in [3.8, 4) is 44.6 Å². The van der Waals surface area contributed by atoms with Crippen molar-refractivity contribution in [3.05, 3.63) is 181 Å². The highest BCUT2D eigenvalue weighted by atomic mass is 79.9. The van der Waals surface area contributed by atoms with Crippen LogP contribution in [0.3, 0.4) is 0 Å². The molecular formula is C47H29BrN2. The highest BCUT2D eigenvalue weighted by Crippen LogP contribution is 2.46. The van der Waals surface area contributed by atoms with E-state index in [2.05, 4.69) is 174 Å². The summed E-state index contributed by atoms with van der Waals surface area (Å²) < 4.78 is 2.92. The van der Waals surface area contributed by atoms with Gasteiger partial charge in [-0.25, -0.2) is 4.52 Å². The average Bonchev–Trinajstić information content (AvgIpc) is 3.52. The van der Waals surface area contributed by atoms with Gasteiger partial charge in [0.05, 0.1) is 9.99 Å². The standard InChI is InChI=1S/C47H29BrN2/c48-46-43-15-7-8-26-50(43)49-47(46)33-20-16-32(17-21-33)36-24-25-41-42(29-36)45(38-23-19-31-10-2-4-12-35(31)28-38)40-14-6-5-13-39(40)44(41)37-22-18-30-9-1-3-11-34(30)27-37/h1-29H. The molecule has 0 N–H and O–H groups in total. The number of nitrogens with zero attached hydrogens (tertiary/aromatic N) is 2. The van der Waals surface area contributed by atoms with Gasteiger partial charge in [-0.15, -0.1) is 0 Å². The molecule has 0 radical (unpaired) electrons. The van der Waals surface area contributed by atoms with Crippen molar-refractivity contribution < 1.29 is 0 Å². The highest BCUT2D eigenvalue weighted by molar-refractivity contribution is 9.10. The molecule has 0 aliphatic carbocycles. The number of fused-ring (bicyclic) bond motifs is 5. The Hall–Kier alpha value is -6.03. The van der Waals surface area contributed by atoms with Crippen LogP contribution >= 0.6 is 15.9 Å². The highest BCUT2D eigenvalue weighted by Gasteiger charge is 2.19. The summed E-state index contributed by atoms with van der Waals surface area (Å²) in [6, 6.07) is 61.8. The first-order valence-electron chi connectivity index (χ1n) is 16.9. The summed E-state index contributed by atoms with van der Waals surface area (Å²) in [7, 11) is 0. The molecule has 8 aromatic carbocycles. The molecule has 0 spiro atoms. The number of pyridine rings is 1. The van der Waals surface area contributed by atoms with E-state index in [0.29, 0.717) is 0 Å². The van der Waals surface area contributed by atoms with Crippen LogP contribution in [-0.4, -0.2) is 9.61 Å². The maximum Gasteiger partial charge on any atom is 0.108 e. The molecule has 0 bridgehead atoms. The quantitative estimate of drug-likeness (QED) is 0.167. The summed E-state index contributed by atoms with van der Waals surface area (Å²) in [6.07, 6.45) is 1.98. The molecule has 0 unspecified atom stereocenters. The summed E-state index contributed by atoms with van der Waals surface area (Å²) in [5.41, 5.74) is 10.4. The van der Waals surface area contributed by atoms with Gasteiger partial charge in [0.25, 0.3) is 0 Å². The molecule has 3 heteroatoms. The second-order valence-corrected chi connectivity index (χ2v) is 13.7. The predicted molar refractivity (Wildman–Crippen MR) is 215 cm³/mol. The van der Waals surface area contributed by atoms with Crippen molar-refractivity contribution in [2.75, 3.05) is 0 Å². The maximum atomic E-state index is 4.85. The van der Waals surface area contributed by atoms with Gasteiger partial charge in [-0.1, -0.05) is 140 Å². The molecule has 0 saturated carbocycles. The lowest BCUT2D eigenvalue weighted by atomic mass is 9.84. The van der Waals surface area contributed by atoms with Gasteiger partial charge >= 0.3 is 0 Å². The third-order valence-corrected chi connectivity index (χ3v) is 10.9. The Morgan fingerprint density at radius 2 is 0.880 bits per heavy atom. The van der Waals surface area contributed by atoms with Gasteiger partial charge < -0.3 is 0 Å². The van der Waals surface area contributed by atoms with Gasteiger partial charge in [-0.05, 0) is 123 Å². The van der Waals surface area contributed by atoms with Gasteiger partial charge in [0.2, 0.25) is 0 Å². The summed E-state index contributed by atoms with van der Waals surface area (Å²) >= 11 is 3.80. The number of benzene rings is 8. The van der Waals surface area contributed by atoms with Crippen molar-refractivity contribution >= 4 is 64.5 Å². The smallest absolute Gasteiger partial charge is 0.108 e. The SMILES string of the molecule is Brc1c(-c2ccc(-c3ccc4c(-c5ccc6ccccc6c5)c5ccccc5c(-c5ccc6ccccc6c5)c4c3)cc2)nn2ccccc12. The average molecular weight is 702 g/mol. The lowest BCUT2D eigenvalue weighted by Crippen LogP contribution is -1.92. The van der Waals surface area contributed by atoms with E-state index in [4.69, 9.17) is 5.10 Å². The third-order valence-electron chi connectivity index (χ3n) is 10.1. The Balaban J connectivity index is 1.21. The van der Waals surface area contributed by atoms with Gasteiger partial charge in [0.1, 0.15) is 5.69 Å². The van der Waals surface area contributed by atoms with Crippen LogP contribution < -0.4 is 0 Å². The molecule has 0 aliphatic heterocycles. The largest absolute Gasteiger partial charge is 0.239 e. The molecule has 234 valence electrons. The minimum atomic E-state index is 0.936.